The number of carbonyl (C=O) groups is 1. The number of quaternary nitrogens is 1. The fourth-order valence-electron chi connectivity index (χ4n) is 9.55. The number of likely N-dealkylation sites (N-methyl/N-ethyl adjacent to an activating group) is 1. The number of carbonyl (C=O) groups excluding carboxylic acids is 1. The average molecular weight is 1020 g/mol. The van der Waals surface area contributed by atoms with E-state index in [0.717, 1.165) is 44.9 Å². The molecule has 9 heteroatoms. The average Bonchev–Trinajstić information content (AvgIpc) is 3.33. The summed E-state index contributed by atoms with van der Waals surface area (Å²) >= 11 is 0. The quantitative estimate of drug-likeness (QED) is 0.0243. The zero-order valence-corrected chi connectivity index (χ0v) is 49.1. The van der Waals surface area contributed by atoms with Crippen molar-refractivity contribution in [3.63, 3.8) is 0 Å². The lowest BCUT2D eigenvalue weighted by atomic mass is 10.0. The fraction of sp³-hybridized carbons (Fsp3) is 0.919. The second-order valence-electron chi connectivity index (χ2n) is 22.8. The molecule has 0 saturated heterocycles. The van der Waals surface area contributed by atoms with Gasteiger partial charge in [-0.2, -0.15) is 0 Å². The van der Waals surface area contributed by atoms with Gasteiger partial charge >= 0.3 is 7.82 Å². The number of allylic oxidation sites excluding steroid dienone is 4. The van der Waals surface area contributed by atoms with Crippen LogP contribution in [-0.2, 0) is 18.4 Å². The first-order valence-electron chi connectivity index (χ1n) is 31.2. The van der Waals surface area contributed by atoms with Gasteiger partial charge in [-0.3, -0.25) is 13.8 Å². The highest BCUT2D eigenvalue weighted by molar-refractivity contribution is 7.47. The maximum absolute atomic E-state index is 12.9. The Morgan fingerprint density at radius 2 is 0.803 bits per heavy atom. The zero-order valence-electron chi connectivity index (χ0n) is 48.2. The van der Waals surface area contributed by atoms with Crippen LogP contribution in [0.5, 0.6) is 0 Å². The SMILES string of the molecule is CCCCCCC/C=C\C/C=C\CCCCCCCCCCCCCCCCCCCCCCCCCCCCCCCC(=O)NC(COP(=O)(O)OCC[N+](C)(C)C)C(O)CCCCCCCCCC. The van der Waals surface area contributed by atoms with Gasteiger partial charge in [0.05, 0.1) is 39.9 Å². The van der Waals surface area contributed by atoms with Gasteiger partial charge < -0.3 is 19.8 Å². The molecule has 8 nitrogen and oxygen atoms in total. The molecule has 0 bridgehead atoms. The molecule has 0 aliphatic carbocycles. The lowest BCUT2D eigenvalue weighted by molar-refractivity contribution is -0.870. The molecule has 0 aromatic carbocycles. The summed E-state index contributed by atoms with van der Waals surface area (Å²) in [6.45, 7) is 4.87. The molecule has 0 spiro atoms. The highest BCUT2D eigenvalue weighted by atomic mass is 31.2. The standard InChI is InChI=1S/C62H123N2O6P/c1-6-8-10-12-14-16-17-18-19-20-21-22-23-24-25-26-27-28-29-30-31-32-33-34-35-36-37-38-39-40-41-42-43-44-45-46-47-48-50-52-54-56-62(66)63-60(59-70-71(67,68)69-58-57-64(3,4)5)61(65)55-53-51-49-15-13-11-9-7-2/h17-18,20-21,60-61,65H,6-16,19,22-59H2,1-5H3,(H-,63,66,67,68)/p+1/b18-17-,21-20-. The second-order valence-corrected chi connectivity index (χ2v) is 24.2. The van der Waals surface area contributed by atoms with Gasteiger partial charge in [-0.25, -0.2) is 4.57 Å². The van der Waals surface area contributed by atoms with Crippen molar-refractivity contribution in [2.24, 2.45) is 0 Å². The summed E-state index contributed by atoms with van der Waals surface area (Å²) in [5.74, 6) is -0.141. The molecule has 0 fully saturated rings. The van der Waals surface area contributed by atoms with Crippen molar-refractivity contribution in [3.05, 3.63) is 24.3 Å². The molecule has 0 aromatic rings. The Bertz CT molecular complexity index is 1210. The Morgan fingerprint density at radius 1 is 0.479 bits per heavy atom. The van der Waals surface area contributed by atoms with Crippen LogP contribution in [0.2, 0.25) is 0 Å². The normalized spacial score (nSPS) is 14.0. The summed E-state index contributed by atoms with van der Waals surface area (Å²) in [6.07, 6.45) is 68.8. The smallest absolute Gasteiger partial charge is 0.391 e. The van der Waals surface area contributed by atoms with Crippen molar-refractivity contribution in [2.45, 2.75) is 328 Å². The minimum absolute atomic E-state index is 0.0772. The van der Waals surface area contributed by atoms with E-state index in [1.54, 1.807) is 0 Å². The van der Waals surface area contributed by atoms with Crippen LogP contribution in [0.3, 0.4) is 0 Å². The number of amides is 1. The molecule has 3 N–H and O–H groups in total. The number of aliphatic hydroxyl groups is 1. The molecular weight excluding hydrogens is 900 g/mol. The van der Waals surface area contributed by atoms with E-state index in [4.69, 9.17) is 9.05 Å². The molecule has 0 heterocycles. The molecule has 0 saturated carbocycles. The molecule has 3 unspecified atom stereocenters. The van der Waals surface area contributed by atoms with E-state index >= 15 is 0 Å². The Kier molecular flexibility index (Phi) is 53.0. The van der Waals surface area contributed by atoms with E-state index in [0.29, 0.717) is 23.9 Å². The van der Waals surface area contributed by atoms with Crippen LogP contribution in [-0.4, -0.2) is 73.4 Å². The first-order valence-corrected chi connectivity index (χ1v) is 32.7. The molecule has 422 valence electrons. The first-order chi connectivity index (χ1) is 34.5. The highest BCUT2D eigenvalue weighted by Crippen LogP contribution is 2.43. The fourth-order valence-corrected chi connectivity index (χ4v) is 10.3. The van der Waals surface area contributed by atoms with Gasteiger partial charge in [0.1, 0.15) is 13.2 Å². The number of rotatable bonds is 58. The van der Waals surface area contributed by atoms with Crippen LogP contribution < -0.4 is 5.32 Å². The number of hydrogen-bond donors (Lipinski definition) is 3. The topological polar surface area (TPSA) is 105 Å². The molecule has 0 aliphatic rings. The number of phosphoric ester groups is 1. The third-order valence-electron chi connectivity index (χ3n) is 14.5. The molecular formula is C62H124N2O6P+. The minimum atomic E-state index is -4.31. The van der Waals surface area contributed by atoms with Gasteiger partial charge in [0.25, 0.3) is 0 Å². The molecule has 71 heavy (non-hydrogen) atoms. The van der Waals surface area contributed by atoms with E-state index < -0.39 is 20.0 Å². The van der Waals surface area contributed by atoms with E-state index in [2.05, 4.69) is 43.5 Å². The monoisotopic (exact) mass is 1020 g/mol. The van der Waals surface area contributed by atoms with Crippen LogP contribution in [0.1, 0.15) is 316 Å². The van der Waals surface area contributed by atoms with Crippen molar-refractivity contribution < 1.29 is 32.9 Å². The molecule has 3 atom stereocenters. The minimum Gasteiger partial charge on any atom is -0.391 e. The number of unbranched alkanes of at least 4 members (excludes halogenated alkanes) is 41. The largest absolute Gasteiger partial charge is 0.472 e. The number of hydrogen-bond acceptors (Lipinski definition) is 5. The van der Waals surface area contributed by atoms with E-state index in [9.17, 15) is 19.4 Å². The van der Waals surface area contributed by atoms with E-state index in [1.165, 1.54) is 244 Å². The van der Waals surface area contributed by atoms with Gasteiger partial charge in [0.2, 0.25) is 5.91 Å². The summed E-state index contributed by atoms with van der Waals surface area (Å²) in [5, 5.41) is 13.9. The predicted molar refractivity (Wildman–Crippen MR) is 309 cm³/mol. The summed E-state index contributed by atoms with van der Waals surface area (Å²) in [6, 6.07) is -0.754. The molecule has 0 radical (unpaired) electrons. The Labute approximate surface area is 443 Å². The number of aliphatic hydroxyl groups excluding tert-OH is 1. The Hall–Kier alpha value is -1.02. The van der Waals surface area contributed by atoms with Crippen LogP contribution >= 0.6 is 7.82 Å². The van der Waals surface area contributed by atoms with Gasteiger partial charge in [-0.15, -0.1) is 0 Å². The van der Waals surface area contributed by atoms with Gasteiger partial charge in [-0.1, -0.05) is 289 Å². The van der Waals surface area contributed by atoms with Gasteiger partial charge in [0.15, 0.2) is 0 Å². The maximum atomic E-state index is 12.9. The maximum Gasteiger partial charge on any atom is 0.472 e. The summed E-state index contributed by atoms with van der Waals surface area (Å²) < 4.78 is 23.6. The van der Waals surface area contributed by atoms with Crippen molar-refractivity contribution in [2.75, 3.05) is 40.9 Å². The van der Waals surface area contributed by atoms with Crippen molar-refractivity contribution in [3.8, 4) is 0 Å². The molecule has 1 amide bonds. The summed E-state index contributed by atoms with van der Waals surface area (Å²) in [5.41, 5.74) is 0. The molecule has 0 rings (SSSR count). The van der Waals surface area contributed by atoms with Gasteiger partial charge in [0, 0.05) is 6.42 Å². The van der Waals surface area contributed by atoms with Crippen molar-refractivity contribution in [1.82, 2.24) is 5.32 Å². The highest BCUT2D eigenvalue weighted by Gasteiger charge is 2.28. The van der Waals surface area contributed by atoms with Crippen LogP contribution in [0.15, 0.2) is 24.3 Å². The van der Waals surface area contributed by atoms with E-state index in [1.807, 2.05) is 21.1 Å². The predicted octanol–water partition coefficient (Wildman–Crippen LogP) is 19.2. The Morgan fingerprint density at radius 3 is 1.15 bits per heavy atom. The van der Waals surface area contributed by atoms with Crippen LogP contribution in [0.4, 0.5) is 0 Å². The van der Waals surface area contributed by atoms with Gasteiger partial charge in [-0.05, 0) is 44.9 Å². The first kappa shape index (κ1) is 70.0. The van der Waals surface area contributed by atoms with Crippen molar-refractivity contribution >= 4 is 13.7 Å². The number of nitrogens with zero attached hydrogens (tertiary/aromatic N) is 1. The lowest BCUT2D eigenvalue weighted by Gasteiger charge is -2.26. The number of phosphoric acid groups is 1. The second kappa shape index (κ2) is 53.8. The molecule has 0 aliphatic heterocycles. The lowest BCUT2D eigenvalue weighted by Crippen LogP contribution is -2.46. The van der Waals surface area contributed by atoms with E-state index in [-0.39, 0.29) is 19.1 Å². The van der Waals surface area contributed by atoms with Crippen LogP contribution in [0.25, 0.3) is 0 Å². The third kappa shape index (κ3) is 56.5. The third-order valence-corrected chi connectivity index (χ3v) is 15.4. The summed E-state index contributed by atoms with van der Waals surface area (Å²) in [7, 11) is 1.63. The zero-order chi connectivity index (χ0) is 52.0. The van der Waals surface area contributed by atoms with Crippen molar-refractivity contribution in [1.29, 1.82) is 0 Å². The molecule has 0 aromatic heterocycles. The summed E-state index contributed by atoms with van der Waals surface area (Å²) in [4.78, 5) is 23.2. The van der Waals surface area contributed by atoms with Crippen LogP contribution in [0, 0.1) is 0 Å². The number of nitrogens with one attached hydrogen (secondary N) is 1. The Balaban J connectivity index is 3.69.